The quantitative estimate of drug-likeness (QED) is 0.756. The number of fused-ring (bicyclic) bond motifs is 1. The van der Waals surface area contributed by atoms with Gasteiger partial charge in [-0.3, -0.25) is 0 Å². The minimum absolute atomic E-state index is 0.0939. The van der Waals surface area contributed by atoms with Gasteiger partial charge < -0.3 is 10.4 Å². The number of nitrogens with zero attached hydrogens (tertiary/aromatic N) is 2. The number of aryl methyl sites for hydroxylation is 1. The van der Waals surface area contributed by atoms with E-state index in [-0.39, 0.29) is 5.75 Å². The SMILES string of the molecule is CNc1nc(C)c2cc(-c3cc(O)cc(F)c3)ccc2n1. The largest absolute Gasteiger partial charge is 0.508 e. The Morgan fingerprint density at radius 2 is 1.86 bits per heavy atom. The molecule has 1 aromatic heterocycles. The third-order valence-electron chi connectivity index (χ3n) is 3.33. The molecule has 4 nitrogen and oxygen atoms in total. The van der Waals surface area contributed by atoms with Crippen molar-refractivity contribution in [2.75, 3.05) is 12.4 Å². The number of aromatic nitrogens is 2. The van der Waals surface area contributed by atoms with Crippen molar-refractivity contribution in [3.63, 3.8) is 0 Å². The van der Waals surface area contributed by atoms with Crippen LogP contribution in [0.15, 0.2) is 36.4 Å². The number of phenolic OH excluding ortho intramolecular Hbond substituents is 1. The van der Waals surface area contributed by atoms with E-state index >= 15 is 0 Å². The predicted octanol–water partition coefficient (Wildman–Crippen LogP) is 3.49. The van der Waals surface area contributed by atoms with Crippen LogP contribution in [0.4, 0.5) is 10.3 Å². The minimum atomic E-state index is -0.469. The highest BCUT2D eigenvalue weighted by atomic mass is 19.1. The molecule has 0 atom stereocenters. The first-order chi connectivity index (χ1) is 10.1. The Balaban J connectivity index is 2.19. The number of nitrogens with one attached hydrogen (secondary N) is 1. The molecule has 0 bridgehead atoms. The van der Waals surface area contributed by atoms with Crippen LogP contribution in [0.25, 0.3) is 22.0 Å². The zero-order chi connectivity index (χ0) is 15.0. The Hall–Kier alpha value is -2.69. The van der Waals surface area contributed by atoms with Crippen LogP contribution in [-0.4, -0.2) is 22.1 Å². The molecule has 0 aliphatic carbocycles. The molecule has 2 aromatic carbocycles. The van der Waals surface area contributed by atoms with Gasteiger partial charge in [0, 0.05) is 18.5 Å². The highest BCUT2D eigenvalue weighted by molar-refractivity contribution is 5.87. The molecule has 0 spiro atoms. The Morgan fingerprint density at radius 3 is 2.57 bits per heavy atom. The number of phenols is 1. The average molecular weight is 283 g/mol. The topological polar surface area (TPSA) is 58.0 Å². The van der Waals surface area contributed by atoms with Crippen molar-refractivity contribution in [3.05, 3.63) is 47.9 Å². The maximum atomic E-state index is 13.4. The van der Waals surface area contributed by atoms with E-state index in [0.717, 1.165) is 28.2 Å². The number of hydrogen-bond acceptors (Lipinski definition) is 4. The van der Waals surface area contributed by atoms with Gasteiger partial charge in [0.1, 0.15) is 11.6 Å². The summed E-state index contributed by atoms with van der Waals surface area (Å²) >= 11 is 0. The molecule has 5 heteroatoms. The fourth-order valence-electron chi connectivity index (χ4n) is 2.31. The van der Waals surface area contributed by atoms with Gasteiger partial charge in [-0.25, -0.2) is 14.4 Å². The molecule has 21 heavy (non-hydrogen) atoms. The summed E-state index contributed by atoms with van der Waals surface area (Å²) in [4.78, 5) is 8.72. The Bertz CT molecular complexity index is 813. The molecule has 2 N–H and O–H groups in total. The second kappa shape index (κ2) is 5.01. The van der Waals surface area contributed by atoms with E-state index in [9.17, 15) is 9.50 Å². The number of halogens is 1. The molecular formula is C16H14FN3O. The molecule has 0 aliphatic rings. The highest BCUT2D eigenvalue weighted by Crippen LogP contribution is 2.28. The second-order valence-corrected chi connectivity index (χ2v) is 4.81. The summed E-state index contributed by atoms with van der Waals surface area (Å²) < 4.78 is 13.4. The summed E-state index contributed by atoms with van der Waals surface area (Å²) in [6, 6.07) is 9.61. The zero-order valence-electron chi connectivity index (χ0n) is 11.7. The van der Waals surface area contributed by atoms with Crippen LogP contribution in [0.2, 0.25) is 0 Å². The molecule has 0 aliphatic heterocycles. The third-order valence-corrected chi connectivity index (χ3v) is 3.33. The van der Waals surface area contributed by atoms with Gasteiger partial charge in [0.25, 0.3) is 0 Å². The smallest absolute Gasteiger partial charge is 0.223 e. The van der Waals surface area contributed by atoms with E-state index in [0.29, 0.717) is 11.5 Å². The van der Waals surface area contributed by atoms with Crippen LogP contribution in [-0.2, 0) is 0 Å². The molecule has 0 amide bonds. The zero-order valence-corrected chi connectivity index (χ0v) is 11.7. The normalized spacial score (nSPS) is 10.8. The lowest BCUT2D eigenvalue weighted by Crippen LogP contribution is -1.98. The van der Waals surface area contributed by atoms with Crippen LogP contribution in [0.1, 0.15) is 5.69 Å². The van der Waals surface area contributed by atoms with Gasteiger partial charge in [-0.1, -0.05) is 6.07 Å². The lowest BCUT2D eigenvalue weighted by Gasteiger charge is -2.08. The Kier molecular flexibility index (Phi) is 3.17. The molecular weight excluding hydrogens is 269 g/mol. The van der Waals surface area contributed by atoms with Crippen molar-refractivity contribution < 1.29 is 9.50 Å². The molecule has 3 rings (SSSR count). The van der Waals surface area contributed by atoms with Crippen molar-refractivity contribution in [1.29, 1.82) is 0 Å². The lowest BCUT2D eigenvalue weighted by molar-refractivity contribution is 0.469. The summed E-state index contributed by atoms with van der Waals surface area (Å²) in [5.74, 6) is 0.00310. The van der Waals surface area contributed by atoms with Gasteiger partial charge in [0.15, 0.2) is 0 Å². The second-order valence-electron chi connectivity index (χ2n) is 4.81. The van der Waals surface area contributed by atoms with Crippen LogP contribution in [0.5, 0.6) is 5.75 Å². The van der Waals surface area contributed by atoms with Crippen molar-refractivity contribution in [3.8, 4) is 16.9 Å². The molecule has 0 saturated heterocycles. The number of aromatic hydroxyl groups is 1. The lowest BCUT2D eigenvalue weighted by atomic mass is 10.0. The van der Waals surface area contributed by atoms with Gasteiger partial charge in [-0.05, 0) is 42.3 Å². The van der Waals surface area contributed by atoms with Crippen LogP contribution >= 0.6 is 0 Å². The average Bonchev–Trinajstić information content (AvgIpc) is 2.45. The number of rotatable bonds is 2. The first kappa shape index (κ1) is 13.3. The van der Waals surface area contributed by atoms with Crippen LogP contribution in [0.3, 0.4) is 0 Å². The Labute approximate surface area is 121 Å². The molecule has 0 unspecified atom stereocenters. The van der Waals surface area contributed by atoms with E-state index in [1.54, 1.807) is 7.05 Å². The molecule has 3 aromatic rings. The minimum Gasteiger partial charge on any atom is -0.508 e. The van der Waals surface area contributed by atoms with E-state index in [4.69, 9.17) is 0 Å². The number of anilines is 1. The van der Waals surface area contributed by atoms with E-state index in [1.165, 1.54) is 12.1 Å². The molecule has 0 radical (unpaired) electrons. The van der Waals surface area contributed by atoms with E-state index < -0.39 is 5.82 Å². The van der Waals surface area contributed by atoms with Crippen molar-refractivity contribution in [1.82, 2.24) is 9.97 Å². The fourth-order valence-corrected chi connectivity index (χ4v) is 2.31. The Morgan fingerprint density at radius 1 is 1.05 bits per heavy atom. The van der Waals surface area contributed by atoms with Crippen molar-refractivity contribution in [2.24, 2.45) is 0 Å². The fraction of sp³-hybridized carbons (Fsp3) is 0.125. The first-order valence-corrected chi connectivity index (χ1v) is 6.53. The van der Waals surface area contributed by atoms with Gasteiger partial charge in [-0.2, -0.15) is 0 Å². The summed E-state index contributed by atoms with van der Waals surface area (Å²) in [5, 5.41) is 13.3. The predicted molar refractivity (Wildman–Crippen MR) is 80.9 cm³/mol. The summed E-state index contributed by atoms with van der Waals surface area (Å²) in [6.45, 7) is 1.90. The van der Waals surface area contributed by atoms with Crippen LogP contribution in [0, 0.1) is 12.7 Å². The van der Waals surface area contributed by atoms with E-state index in [1.807, 2.05) is 25.1 Å². The monoisotopic (exact) mass is 283 g/mol. The van der Waals surface area contributed by atoms with E-state index in [2.05, 4.69) is 15.3 Å². The number of hydrogen-bond donors (Lipinski definition) is 2. The highest BCUT2D eigenvalue weighted by Gasteiger charge is 2.07. The number of benzene rings is 2. The summed E-state index contributed by atoms with van der Waals surface area (Å²) in [7, 11) is 1.77. The van der Waals surface area contributed by atoms with Crippen LogP contribution < -0.4 is 5.32 Å². The molecule has 0 saturated carbocycles. The van der Waals surface area contributed by atoms with Gasteiger partial charge in [0.05, 0.1) is 11.2 Å². The van der Waals surface area contributed by atoms with Gasteiger partial charge >= 0.3 is 0 Å². The first-order valence-electron chi connectivity index (χ1n) is 6.53. The summed E-state index contributed by atoms with van der Waals surface area (Å²) in [5.41, 5.74) is 3.08. The third kappa shape index (κ3) is 2.50. The standard InChI is InChI=1S/C16H14FN3O/c1-9-14-7-10(11-5-12(17)8-13(21)6-11)3-4-15(14)20-16(18-2)19-9/h3-8,21H,1-2H3,(H,18,19,20). The molecule has 0 fully saturated rings. The van der Waals surface area contributed by atoms with Crippen molar-refractivity contribution in [2.45, 2.75) is 6.92 Å². The molecule has 106 valence electrons. The van der Waals surface area contributed by atoms with Gasteiger partial charge in [0.2, 0.25) is 5.95 Å². The summed E-state index contributed by atoms with van der Waals surface area (Å²) in [6.07, 6.45) is 0. The molecule has 1 heterocycles. The van der Waals surface area contributed by atoms with Gasteiger partial charge in [-0.15, -0.1) is 0 Å². The maximum Gasteiger partial charge on any atom is 0.223 e. The maximum absolute atomic E-state index is 13.4. The van der Waals surface area contributed by atoms with Crippen molar-refractivity contribution >= 4 is 16.9 Å².